The Morgan fingerprint density at radius 1 is 1.11 bits per heavy atom. The fourth-order valence-corrected chi connectivity index (χ4v) is 4.41. The zero-order chi connectivity index (χ0) is 13.1. The number of hydrogen-bond donors (Lipinski definition) is 1. The minimum Gasteiger partial charge on any atom is -0.393 e. The Morgan fingerprint density at radius 2 is 1.79 bits per heavy atom. The third kappa shape index (κ3) is 3.29. The van der Waals surface area contributed by atoms with Crippen LogP contribution in [0.4, 0.5) is 0 Å². The van der Waals surface area contributed by atoms with Crippen molar-refractivity contribution < 1.29 is 5.11 Å². The molecule has 0 atom stereocenters. The van der Waals surface area contributed by atoms with Gasteiger partial charge in [-0.2, -0.15) is 11.3 Å². The van der Waals surface area contributed by atoms with Crippen molar-refractivity contribution in [3.05, 3.63) is 28.5 Å². The molecule has 1 aromatic heterocycles. The first-order valence-electron chi connectivity index (χ1n) is 7.64. The lowest BCUT2D eigenvalue weighted by molar-refractivity contribution is 0.0336. The number of allylic oxidation sites excluding steroid dienone is 1. The van der Waals surface area contributed by atoms with Gasteiger partial charge >= 0.3 is 0 Å². The normalized spacial score (nSPS) is 36.1. The molecule has 1 heterocycles. The van der Waals surface area contributed by atoms with Crippen LogP contribution in [-0.4, -0.2) is 11.2 Å². The van der Waals surface area contributed by atoms with Gasteiger partial charge in [-0.3, -0.25) is 0 Å². The van der Waals surface area contributed by atoms with E-state index in [1.165, 1.54) is 44.1 Å². The number of aliphatic hydroxyl groups is 1. The summed E-state index contributed by atoms with van der Waals surface area (Å²) in [7, 11) is 0. The van der Waals surface area contributed by atoms with Gasteiger partial charge in [-0.05, 0) is 85.1 Å². The van der Waals surface area contributed by atoms with Gasteiger partial charge in [-0.25, -0.2) is 0 Å². The highest BCUT2D eigenvalue weighted by Crippen LogP contribution is 2.49. The van der Waals surface area contributed by atoms with Crippen molar-refractivity contribution in [3.63, 3.8) is 0 Å². The van der Waals surface area contributed by atoms with Gasteiger partial charge in [0.2, 0.25) is 0 Å². The summed E-state index contributed by atoms with van der Waals surface area (Å²) < 4.78 is 0. The molecule has 0 aliphatic heterocycles. The average molecular weight is 276 g/mol. The van der Waals surface area contributed by atoms with E-state index in [2.05, 4.69) is 29.0 Å². The van der Waals surface area contributed by atoms with Crippen LogP contribution in [0.2, 0.25) is 0 Å². The molecule has 2 aliphatic carbocycles. The molecule has 2 saturated carbocycles. The Balaban J connectivity index is 1.52. The second kappa shape index (κ2) is 5.80. The van der Waals surface area contributed by atoms with Crippen molar-refractivity contribution in [1.82, 2.24) is 0 Å². The van der Waals surface area contributed by atoms with E-state index in [0.717, 1.165) is 18.8 Å². The van der Waals surface area contributed by atoms with Crippen LogP contribution < -0.4 is 0 Å². The fraction of sp³-hybridized carbons (Fsp3) is 0.647. The van der Waals surface area contributed by atoms with Gasteiger partial charge in [-0.1, -0.05) is 12.2 Å². The maximum atomic E-state index is 9.65. The minimum atomic E-state index is -0.0122. The van der Waals surface area contributed by atoms with E-state index in [4.69, 9.17) is 0 Å². The van der Waals surface area contributed by atoms with Crippen LogP contribution in [-0.2, 0) is 0 Å². The zero-order valence-electron chi connectivity index (χ0n) is 11.6. The van der Waals surface area contributed by atoms with Crippen LogP contribution in [0.1, 0.15) is 56.9 Å². The van der Waals surface area contributed by atoms with Gasteiger partial charge in [0, 0.05) is 0 Å². The Bertz CT molecular complexity index is 402. The van der Waals surface area contributed by atoms with E-state index in [-0.39, 0.29) is 6.10 Å². The summed E-state index contributed by atoms with van der Waals surface area (Å²) in [5, 5.41) is 14.0. The third-order valence-electron chi connectivity index (χ3n) is 5.21. The molecule has 0 bridgehead atoms. The van der Waals surface area contributed by atoms with Crippen LogP contribution in [0.25, 0.3) is 6.08 Å². The molecular formula is C17H24OS. The molecule has 1 N–H and O–H groups in total. The Hall–Kier alpha value is -0.600. The van der Waals surface area contributed by atoms with Crippen molar-refractivity contribution in [2.24, 2.45) is 11.3 Å². The lowest BCUT2D eigenvalue weighted by Gasteiger charge is -2.43. The van der Waals surface area contributed by atoms with Gasteiger partial charge < -0.3 is 5.11 Å². The number of rotatable bonds is 2. The zero-order valence-corrected chi connectivity index (χ0v) is 12.4. The van der Waals surface area contributed by atoms with E-state index in [1.807, 2.05) is 0 Å². The predicted octanol–water partition coefficient (Wildman–Crippen LogP) is 4.87. The predicted molar refractivity (Wildman–Crippen MR) is 82.2 cm³/mol. The summed E-state index contributed by atoms with van der Waals surface area (Å²) in [6.45, 7) is 0. The molecule has 2 aliphatic rings. The van der Waals surface area contributed by atoms with Gasteiger partial charge in [0.15, 0.2) is 0 Å². The molecule has 2 heteroatoms. The molecule has 104 valence electrons. The standard InChI is InChI=1S/C17H24OS/c18-16-5-10-17(11-6-16)8-3-14(4-9-17)1-2-15-7-12-19-13-15/h1-2,7,12-14,16,18H,3-6,8-11H2. The monoisotopic (exact) mass is 276 g/mol. The summed E-state index contributed by atoms with van der Waals surface area (Å²) in [5.74, 6) is 0.775. The topological polar surface area (TPSA) is 20.2 Å². The van der Waals surface area contributed by atoms with Crippen molar-refractivity contribution in [3.8, 4) is 0 Å². The van der Waals surface area contributed by atoms with Gasteiger partial charge in [-0.15, -0.1) is 0 Å². The van der Waals surface area contributed by atoms with E-state index < -0.39 is 0 Å². The largest absolute Gasteiger partial charge is 0.393 e. The van der Waals surface area contributed by atoms with Crippen LogP contribution in [0.5, 0.6) is 0 Å². The maximum absolute atomic E-state index is 9.65. The van der Waals surface area contributed by atoms with E-state index in [9.17, 15) is 5.11 Å². The Morgan fingerprint density at radius 3 is 2.42 bits per heavy atom. The number of thiophene rings is 1. The second-order valence-electron chi connectivity index (χ2n) is 6.48. The average Bonchev–Trinajstić information content (AvgIpc) is 2.95. The minimum absolute atomic E-state index is 0.0122. The molecule has 1 aromatic rings. The lowest BCUT2D eigenvalue weighted by Crippen LogP contribution is -2.33. The molecule has 2 fully saturated rings. The summed E-state index contributed by atoms with van der Waals surface area (Å²) >= 11 is 1.77. The maximum Gasteiger partial charge on any atom is 0.0540 e. The molecule has 1 nitrogen and oxygen atoms in total. The van der Waals surface area contributed by atoms with Crippen molar-refractivity contribution in [2.75, 3.05) is 0 Å². The quantitative estimate of drug-likeness (QED) is 0.817. The van der Waals surface area contributed by atoms with Gasteiger partial charge in [0.1, 0.15) is 0 Å². The van der Waals surface area contributed by atoms with E-state index >= 15 is 0 Å². The summed E-state index contributed by atoms with van der Waals surface area (Å²) in [6, 6.07) is 2.19. The smallest absolute Gasteiger partial charge is 0.0540 e. The highest BCUT2D eigenvalue weighted by atomic mass is 32.1. The number of aliphatic hydroxyl groups excluding tert-OH is 1. The highest BCUT2D eigenvalue weighted by Gasteiger charge is 2.37. The first-order valence-corrected chi connectivity index (χ1v) is 8.59. The molecule has 1 spiro atoms. The van der Waals surface area contributed by atoms with Crippen LogP contribution in [0.15, 0.2) is 22.9 Å². The molecule has 0 aromatic carbocycles. The number of hydrogen-bond acceptors (Lipinski definition) is 2. The molecule has 0 saturated heterocycles. The Kier molecular flexibility index (Phi) is 4.09. The van der Waals surface area contributed by atoms with Gasteiger partial charge in [0.25, 0.3) is 0 Å². The molecule has 0 amide bonds. The first-order chi connectivity index (χ1) is 9.26. The highest BCUT2D eigenvalue weighted by molar-refractivity contribution is 7.08. The fourth-order valence-electron chi connectivity index (χ4n) is 3.78. The van der Waals surface area contributed by atoms with Crippen molar-refractivity contribution >= 4 is 17.4 Å². The second-order valence-corrected chi connectivity index (χ2v) is 7.26. The van der Waals surface area contributed by atoms with Crippen LogP contribution in [0, 0.1) is 11.3 Å². The molecule has 19 heavy (non-hydrogen) atoms. The molecule has 0 radical (unpaired) electrons. The van der Waals surface area contributed by atoms with E-state index in [0.29, 0.717) is 5.41 Å². The summed E-state index contributed by atoms with van der Waals surface area (Å²) in [6.07, 6.45) is 14.7. The SMILES string of the molecule is OC1CCC2(CC1)CCC(C=Cc1ccsc1)CC2. The van der Waals surface area contributed by atoms with Gasteiger partial charge in [0.05, 0.1) is 6.10 Å². The van der Waals surface area contributed by atoms with E-state index in [1.54, 1.807) is 11.3 Å². The molecular weight excluding hydrogens is 252 g/mol. The lowest BCUT2D eigenvalue weighted by atomic mass is 9.63. The molecule has 3 rings (SSSR count). The summed E-state index contributed by atoms with van der Waals surface area (Å²) in [4.78, 5) is 0. The third-order valence-corrected chi connectivity index (χ3v) is 5.91. The molecule has 0 unspecified atom stereocenters. The summed E-state index contributed by atoms with van der Waals surface area (Å²) in [5.41, 5.74) is 1.94. The van der Waals surface area contributed by atoms with Crippen LogP contribution >= 0.6 is 11.3 Å². The Labute approximate surface area is 120 Å². The van der Waals surface area contributed by atoms with Crippen LogP contribution in [0.3, 0.4) is 0 Å². The van der Waals surface area contributed by atoms with Crippen molar-refractivity contribution in [1.29, 1.82) is 0 Å². The van der Waals surface area contributed by atoms with Crippen molar-refractivity contribution in [2.45, 2.75) is 57.5 Å². The first kappa shape index (κ1) is 13.4.